The van der Waals surface area contributed by atoms with E-state index in [1.807, 2.05) is 71.5 Å². The van der Waals surface area contributed by atoms with Crippen molar-refractivity contribution in [1.82, 2.24) is 15.0 Å². The van der Waals surface area contributed by atoms with Gasteiger partial charge in [-0.2, -0.15) is 0 Å². The lowest BCUT2D eigenvalue weighted by atomic mass is 10.1. The Kier molecular flexibility index (Phi) is 4.10. The highest BCUT2D eigenvalue weighted by molar-refractivity contribution is 6.12. The van der Waals surface area contributed by atoms with E-state index in [-0.39, 0.29) is 6.04 Å². The molecule has 0 saturated heterocycles. The van der Waals surface area contributed by atoms with E-state index in [0.29, 0.717) is 0 Å². The molecule has 1 aromatic heterocycles. The SMILES string of the molecule is CC(C)n1cc(C(=Nc2ccccc2)c2ccccc2)nn1. The minimum absolute atomic E-state index is 0.273. The predicted molar refractivity (Wildman–Crippen MR) is 88.6 cm³/mol. The van der Waals surface area contributed by atoms with E-state index in [0.717, 1.165) is 22.7 Å². The van der Waals surface area contributed by atoms with E-state index >= 15 is 0 Å². The molecule has 0 aliphatic heterocycles. The normalized spacial score (nSPS) is 11.9. The van der Waals surface area contributed by atoms with Crippen LogP contribution in [0.3, 0.4) is 0 Å². The molecule has 0 unspecified atom stereocenters. The summed E-state index contributed by atoms with van der Waals surface area (Å²) in [6, 6.07) is 20.3. The average molecular weight is 290 g/mol. The van der Waals surface area contributed by atoms with Crippen molar-refractivity contribution >= 4 is 11.4 Å². The number of rotatable bonds is 4. The van der Waals surface area contributed by atoms with E-state index < -0.39 is 0 Å². The maximum atomic E-state index is 4.77. The van der Waals surface area contributed by atoms with Gasteiger partial charge in [-0.3, -0.25) is 0 Å². The Morgan fingerprint density at radius 3 is 2.18 bits per heavy atom. The Morgan fingerprint density at radius 2 is 1.59 bits per heavy atom. The molecule has 3 aromatic rings. The smallest absolute Gasteiger partial charge is 0.132 e. The average Bonchev–Trinajstić information content (AvgIpc) is 3.04. The topological polar surface area (TPSA) is 43.1 Å². The molecule has 0 radical (unpaired) electrons. The Morgan fingerprint density at radius 1 is 0.955 bits per heavy atom. The molecule has 4 nitrogen and oxygen atoms in total. The summed E-state index contributed by atoms with van der Waals surface area (Å²) in [5, 5.41) is 8.48. The Hall–Kier alpha value is -2.75. The first kappa shape index (κ1) is 14.2. The Labute approximate surface area is 130 Å². The highest BCUT2D eigenvalue weighted by atomic mass is 15.4. The molecule has 0 amide bonds. The van der Waals surface area contributed by atoms with Gasteiger partial charge in [-0.25, -0.2) is 9.67 Å². The molecule has 2 aromatic carbocycles. The summed E-state index contributed by atoms with van der Waals surface area (Å²) in [5.74, 6) is 0. The molecule has 0 saturated carbocycles. The van der Waals surface area contributed by atoms with E-state index in [4.69, 9.17) is 4.99 Å². The fraction of sp³-hybridized carbons (Fsp3) is 0.167. The standard InChI is InChI=1S/C18H18N4/c1-14(2)22-13-17(20-21-22)18(15-9-5-3-6-10-15)19-16-11-7-4-8-12-16/h3-14H,1-2H3. The minimum Gasteiger partial charge on any atom is -0.249 e. The van der Waals surface area contributed by atoms with Gasteiger partial charge in [-0.1, -0.05) is 53.7 Å². The molecule has 3 rings (SSSR count). The van der Waals surface area contributed by atoms with E-state index in [1.54, 1.807) is 0 Å². The van der Waals surface area contributed by atoms with E-state index in [9.17, 15) is 0 Å². The van der Waals surface area contributed by atoms with Gasteiger partial charge in [0, 0.05) is 11.6 Å². The van der Waals surface area contributed by atoms with Crippen LogP contribution in [-0.2, 0) is 0 Å². The van der Waals surface area contributed by atoms with E-state index in [2.05, 4.69) is 24.2 Å². The monoisotopic (exact) mass is 290 g/mol. The quantitative estimate of drug-likeness (QED) is 0.681. The number of hydrogen-bond donors (Lipinski definition) is 0. The second-order valence-electron chi connectivity index (χ2n) is 5.34. The molecule has 0 aliphatic carbocycles. The first-order valence-electron chi connectivity index (χ1n) is 7.35. The van der Waals surface area contributed by atoms with Crippen molar-refractivity contribution in [2.45, 2.75) is 19.9 Å². The molecule has 0 bridgehead atoms. The van der Waals surface area contributed by atoms with Crippen LogP contribution >= 0.6 is 0 Å². The van der Waals surface area contributed by atoms with Crippen LogP contribution in [0.5, 0.6) is 0 Å². The van der Waals surface area contributed by atoms with Gasteiger partial charge in [-0.15, -0.1) is 5.10 Å². The van der Waals surface area contributed by atoms with Gasteiger partial charge in [0.1, 0.15) is 11.4 Å². The zero-order chi connectivity index (χ0) is 15.4. The second-order valence-corrected chi connectivity index (χ2v) is 5.34. The van der Waals surface area contributed by atoms with Crippen molar-refractivity contribution < 1.29 is 0 Å². The van der Waals surface area contributed by atoms with Crippen LogP contribution in [0.25, 0.3) is 0 Å². The van der Waals surface area contributed by atoms with Gasteiger partial charge < -0.3 is 0 Å². The predicted octanol–water partition coefficient (Wildman–Crippen LogP) is 4.03. The molecule has 0 aliphatic rings. The number of hydrogen-bond acceptors (Lipinski definition) is 3. The van der Waals surface area contributed by atoms with Gasteiger partial charge in [0.15, 0.2) is 0 Å². The van der Waals surface area contributed by atoms with Crippen molar-refractivity contribution in [3.8, 4) is 0 Å². The van der Waals surface area contributed by atoms with Crippen molar-refractivity contribution in [3.05, 3.63) is 78.1 Å². The molecule has 4 heteroatoms. The van der Waals surface area contributed by atoms with Crippen LogP contribution in [0.15, 0.2) is 71.9 Å². The molecule has 0 N–H and O–H groups in total. The van der Waals surface area contributed by atoms with Gasteiger partial charge in [0.25, 0.3) is 0 Å². The fourth-order valence-corrected chi connectivity index (χ4v) is 2.13. The van der Waals surface area contributed by atoms with Crippen LogP contribution in [0.1, 0.15) is 31.1 Å². The van der Waals surface area contributed by atoms with Crippen molar-refractivity contribution in [1.29, 1.82) is 0 Å². The number of nitrogens with zero attached hydrogens (tertiary/aromatic N) is 4. The van der Waals surface area contributed by atoms with Crippen LogP contribution in [0.2, 0.25) is 0 Å². The Bertz CT molecular complexity index is 758. The summed E-state index contributed by atoms with van der Waals surface area (Å²) in [6.45, 7) is 4.16. The molecular weight excluding hydrogens is 272 g/mol. The fourth-order valence-electron chi connectivity index (χ4n) is 2.13. The molecular formula is C18H18N4. The van der Waals surface area contributed by atoms with E-state index in [1.165, 1.54) is 0 Å². The number of aromatic nitrogens is 3. The highest BCUT2D eigenvalue weighted by Crippen LogP contribution is 2.17. The molecule has 1 heterocycles. The lowest BCUT2D eigenvalue weighted by Crippen LogP contribution is -2.04. The third-order valence-electron chi connectivity index (χ3n) is 3.33. The maximum absolute atomic E-state index is 4.77. The first-order valence-corrected chi connectivity index (χ1v) is 7.35. The minimum atomic E-state index is 0.273. The molecule has 0 spiro atoms. The van der Waals surface area contributed by atoms with Gasteiger partial charge in [0.2, 0.25) is 0 Å². The highest BCUT2D eigenvalue weighted by Gasteiger charge is 2.12. The number of para-hydroxylation sites is 1. The molecule has 22 heavy (non-hydrogen) atoms. The number of aliphatic imine (C=N–C) groups is 1. The van der Waals surface area contributed by atoms with Crippen LogP contribution < -0.4 is 0 Å². The number of benzene rings is 2. The van der Waals surface area contributed by atoms with Gasteiger partial charge in [-0.05, 0) is 26.0 Å². The van der Waals surface area contributed by atoms with Crippen molar-refractivity contribution in [3.63, 3.8) is 0 Å². The molecule has 110 valence electrons. The van der Waals surface area contributed by atoms with Gasteiger partial charge in [0.05, 0.1) is 11.9 Å². The summed E-state index contributed by atoms with van der Waals surface area (Å²) < 4.78 is 1.85. The third-order valence-corrected chi connectivity index (χ3v) is 3.33. The second kappa shape index (κ2) is 6.35. The largest absolute Gasteiger partial charge is 0.249 e. The zero-order valence-corrected chi connectivity index (χ0v) is 12.7. The third kappa shape index (κ3) is 3.11. The zero-order valence-electron chi connectivity index (χ0n) is 12.7. The molecule has 0 atom stereocenters. The lowest BCUT2D eigenvalue weighted by Gasteiger charge is -2.04. The Balaban J connectivity index is 2.09. The maximum Gasteiger partial charge on any atom is 0.132 e. The van der Waals surface area contributed by atoms with Crippen molar-refractivity contribution in [2.24, 2.45) is 4.99 Å². The van der Waals surface area contributed by atoms with Gasteiger partial charge >= 0.3 is 0 Å². The van der Waals surface area contributed by atoms with Crippen LogP contribution in [0.4, 0.5) is 5.69 Å². The molecule has 0 fully saturated rings. The summed E-state index contributed by atoms with van der Waals surface area (Å²) >= 11 is 0. The summed E-state index contributed by atoms with van der Waals surface area (Å²) in [4.78, 5) is 4.77. The first-order chi connectivity index (χ1) is 10.7. The summed E-state index contributed by atoms with van der Waals surface area (Å²) in [7, 11) is 0. The summed E-state index contributed by atoms with van der Waals surface area (Å²) in [5.41, 5.74) is 3.55. The lowest BCUT2D eigenvalue weighted by molar-refractivity contribution is 0.514. The summed E-state index contributed by atoms with van der Waals surface area (Å²) in [6.07, 6.45) is 1.94. The van der Waals surface area contributed by atoms with Crippen molar-refractivity contribution in [2.75, 3.05) is 0 Å². The van der Waals surface area contributed by atoms with Crippen LogP contribution in [0, 0.1) is 0 Å². The van der Waals surface area contributed by atoms with Crippen LogP contribution in [-0.4, -0.2) is 20.7 Å².